The second-order valence-electron chi connectivity index (χ2n) is 12.0. The number of pyridine rings is 2. The molecular weight excluding hydrogens is 452 g/mol. The van der Waals surface area contributed by atoms with Crippen LogP contribution in [-0.2, 0) is 10.8 Å². The second kappa shape index (κ2) is 8.27. The van der Waals surface area contributed by atoms with Crippen LogP contribution < -0.4 is 0 Å². The summed E-state index contributed by atoms with van der Waals surface area (Å²) in [4.78, 5) is 9.98. The first-order valence-corrected chi connectivity index (χ1v) is 12.9. The van der Waals surface area contributed by atoms with Crippen molar-refractivity contribution in [3.8, 4) is 22.4 Å². The summed E-state index contributed by atoms with van der Waals surface area (Å²) in [5.41, 5.74) is 8.48. The molecule has 6 rings (SSSR count). The van der Waals surface area contributed by atoms with Gasteiger partial charge >= 0.3 is 0 Å². The van der Waals surface area contributed by atoms with E-state index in [0.717, 1.165) is 44.4 Å². The summed E-state index contributed by atoms with van der Waals surface area (Å²) >= 11 is 0. The molecule has 0 bridgehead atoms. The van der Waals surface area contributed by atoms with Crippen LogP contribution in [0.25, 0.3) is 55.0 Å². The predicted octanol–water partition coefficient (Wildman–Crippen LogP) is 9.46. The van der Waals surface area contributed by atoms with Gasteiger partial charge < -0.3 is 4.42 Å². The number of hydrogen-bond acceptors (Lipinski definition) is 3. The Hall–Kier alpha value is -3.98. The van der Waals surface area contributed by atoms with Gasteiger partial charge in [0, 0.05) is 39.2 Å². The van der Waals surface area contributed by atoms with E-state index in [1.54, 1.807) is 6.26 Å². The van der Waals surface area contributed by atoms with Crippen molar-refractivity contribution in [1.82, 2.24) is 9.97 Å². The van der Waals surface area contributed by atoms with E-state index in [9.17, 15) is 0 Å². The first kappa shape index (κ1) is 23.4. The van der Waals surface area contributed by atoms with Gasteiger partial charge in [-0.3, -0.25) is 4.98 Å². The number of furan rings is 1. The molecule has 0 aliphatic heterocycles. The molecule has 3 aromatic heterocycles. The molecule has 37 heavy (non-hydrogen) atoms. The molecule has 0 aliphatic rings. The third kappa shape index (κ3) is 4.09. The number of nitrogens with zero attached hydrogens (tertiary/aromatic N) is 2. The van der Waals surface area contributed by atoms with Crippen LogP contribution in [0.5, 0.6) is 0 Å². The molecule has 0 saturated carbocycles. The van der Waals surface area contributed by atoms with Crippen LogP contribution in [0.1, 0.15) is 52.8 Å². The number of hydrogen-bond donors (Lipinski definition) is 0. The highest BCUT2D eigenvalue weighted by Crippen LogP contribution is 2.37. The van der Waals surface area contributed by atoms with E-state index in [1.165, 1.54) is 21.9 Å². The van der Waals surface area contributed by atoms with Crippen molar-refractivity contribution in [1.29, 1.82) is 0 Å². The second-order valence-corrected chi connectivity index (χ2v) is 12.0. The number of fused-ring (bicyclic) bond motifs is 4. The summed E-state index contributed by atoms with van der Waals surface area (Å²) in [6.45, 7) is 13.3. The van der Waals surface area contributed by atoms with Gasteiger partial charge in [-0.05, 0) is 51.6 Å². The SMILES string of the molecule is CC(C)(C)c1ccc2c(-c3ccc(-c4cc5ccoc5c5nc(C(C)(C)C)ccc45)nc3)cccc2c1. The van der Waals surface area contributed by atoms with E-state index in [2.05, 4.69) is 108 Å². The Bertz CT molecular complexity index is 1780. The summed E-state index contributed by atoms with van der Waals surface area (Å²) in [5.74, 6) is 0. The standard InChI is InChI=1S/C34H32N2O/c1-33(2,3)24-11-12-26-21(18-24)8-7-9-25(26)23-10-14-29(35-20-23)28-19-22-16-17-37-32(22)31-27(28)13-15-30(36-31)34(4,5)6/h7-20H,1-6H3. The zero-order chi connectivity index (χ0) is 25.9. The largest absolute Gasteiger partial charge is 0.462 e. The maximum absolute atomic E-state index is 5.85. The molecule has 0 saturated heterocycles. The smallest absolute Gasteiger partial charge is 0.160 e. The van der Waals surface area contributed by atoms with Gasteiger partial charge in [-0.1, -0.05) is 90.1 Å². The van der Waals surface area contributed by atoms with Crippen LogP contribution >= 0.6 is 0 Å². The van der Waals surface area contributed by atoms with Gasteiger partial charge in [0.1, 0.15) is 5.52 Å². The molecule has 0 unspecified atom stereocenters. The first-order valence-electron chi connectivity index (χ1n) is 12.9. The highest BCUT2D eigenvalue weighted by Gasteiger charge is 2.20. The molecule has 3 aromatic carbocycles. The van der Waals surface area contributed by atoms with Crippen LogP contribution in [0.15, 0.2) is 89.7 Å². The Labute approximate surface area is 218 Å². The van der Waals surface area contributed by atoms with Gasteiger partial charge in [0.2, 0.25) is 0 Å². The number of rotatable bonds is 2. The lowest BCUT2D eigenvalue weighted by atomic mass is 9.85. The van der Waals surface area contributed by atoms with Crippen LogP contribution in [0.3, 0.4) is 0 Å². The minimum Gasteiger partial charge on any atom is -0.462 e. The molecule has 184 valence electrons. The quantitative estimate of drug-likeness (QED) is 0.246. The predicted molar refractivity (Wildman–Crippen MR) is 155 cm³/mol. The van der Waals surface area contributed by atoms with Gasteiger partial charge in [-0.2, -0.15) is 0 Å². The van der Waals surface area contributed by atoms with Crippen molar-refractivity contribution >= 4 is 32.6 Å². The lowest BCUT2D eigenvalue weighted by molar-refractivity contribution is 0.570. The third-order valence-corrected chi connectivity index (χ3v) is 7.26. The fourth-order valence-electron chi connectivity index (χ4n) is 5.05. The molecule has 6 aromatic rings. The molecule has 0 amide bonds. The highest BCUT2D eigenvalue weighted by atomic mass is 16.3. The van der Waals surface area contributed by atoms with Crippen LogP contribution in [0, 0.1) is 0 Å². The van der Waals surface area contributed by atoms with E-state index in [4.69, 9.17) is 14.4 Å². The summed E-state index contributed by atoms with van der Waals surface area (Å²) in [5, 5.41) is 4.59. The molecular formula is C34H32N2O. The average molecular weight is 485 g/mol. The normalized spacial score (nSPS) is 12.6. The fraction of sp³-hybridized carbons (Fsp3) is 0.235. The molecule has 3 heterocycles. The molecule has 0 aliphatic carbocycles. The van der Waals surface area contributed by atoms with E-state index in [-0.39, 0.29) is 10.8 Å². The van der Waals surface area contributed by atoms with Crippen molar-refractivity contribution in [3.05, 3.63) is 96.5 Å². The van der Waals surface area contributed by atoms with Crippen LogP contribution in [0.2, 0.25) is 0 Å². The summed E-state index contributed by atoms with van der Waals surface area (Å²) < 4.78 is 5.85. The first-order chi connectivity index (χ1) is 17.6. The molecule has 3 nitrogen and oxygen atoms in total. The minimum absolute atomic E-state index is 0.0465. The lowest BCUT2D eigenvalue weighted by Gasteiger charge is -2.20. The van der Waals surface area contributed by atoms with Crippen molar-refractivity contribution in [2.75, 3.05) is 0 Å². The Morgan fingerprint density at radius 1 is 0.676 bits per heavy atom. The maximum Gasteiger partial charge on any atom is 0.160 e. The molecule has 0 atom stereocenters. The third-order valence-electron chi connectivity index (χ3n) is 7.26. The molecule has 0 N–H and O–H groups in total. The Balaban J connectivity index is 1.46. The van der Waals surface area contributed by atoms with Crippen LogP contribution in [0.4, 0.5) is 0 Å². The van der Waals surface area contributed by atoms with Gasteiger partial charge in [-0.25, -0.2) is 4.98 Å². The van der Waals surface area contributed by atoms with E-state index >= 15 is 0 Å². The van der Waals surface area contributed by atoms with Crippen molar-refractivity contribution < 1.29 is 4.42 Å². The van der Waals surface area contributed by atoms with Gasteiger partial charge in [0.05, 0.1) is 12.0 Å². The highest BCUT2D eigenvalue weighted by molar-refractivity contribution is 6.09. The van der Waals surface area contributed by atoms with Crippen molar-refractivity contribution in [2.45, 2.75) is 52.4 Å². The average Bonchev–Trinajstić information content (AvgIpc) is 3.35. The number of benzene rings is 3. The zero-order valence-electron chi connectivity index (χ0n) is 22.4. The van der Waals surface area contributed by atoms with Gasteiger partial charge in [-0.15, -0.1) is 0 Å². The molecule has 0 fully saturated rings. The van der Waals surface area contributed by atoms with E-state index < -0.39 is 0 Å². The topological polar surface area (TPSA) is 38.9 Å². The van der Waals surface area contributed by atoms with Gasteiger partial charge in [0.25, 0.3) is 0 Å². The number of aromatic nitrogens is 2. The van der Waals surface area contributed by atoms with E-state index in [1.807, 2.05) is 12.3 Å². The Morgan fingerprint density at radius 2 is 1.49 bits per heavy atom. The monoisotopic (exact) mass is 484 g/mol. The lowest BCUT2D eigenvalue weighted by Crippen LogP contribution is -2.13. The molecule has 0 spiro atoms. The van der Waals surface area contributed by atoms with E-state index in [0.29, 0.717) is 0 Å². The molecule has 3 heteroatoms. The minimum atomic E-state index is -0.0465. The Morgan fingerprint density at radius 3 is 2.22 bits per heavy atom. The fourth-order valence-corrected chi connectivity index (χ4v) is 5.05. The van der Waals surface area contributed by atoms with Gasteiger partial charge in [0.15, 0.2) is 5.58 Å². The summed E-state index contributed by atoms with van der Waals surface area (Å²) in [6, 6.07) is 26.1. The zero-order valence-corrected chi connectivity index (χ0v) is 22.4. The van der Waals surface area contributed by atoms with Crippen molar-refractivity contribution in [2.24, 2.45) is 0 Å². The van der Waals surface area contributed by atoms with Crippen LogP contribution in [-0.4, -0.2) is 9.97 Å². The molecule has 0 radical (unpaired) electrons. The van der Waals surface area contributed by atoms with Crippen molar-refractivity contribution in [3.63, 3.8) is 0 Å². The maximum atomic E-state index is 5.85. The summed E-state index contributed by atoms with van der Waals surface area (Å²) in [6.07, 6.45) is 3.73. The Kier molecular flexibility index (Phi) is 5.24. The summed E-state index contributed by atoms with van der Waals surface area (Å²) in [7, 11) is 0.